The molecular weight excluding hydrogens is 233 g/mol. The van der Waals surface area contributed by atoms with Crippen LogP contribution in [-0.4, -0.2) is 24.8 Å². The molecule has 0 aliphatic carbocycles. The molecule has 2 N–H and O–H groups in total. The normalized spacial score (nSPS) is 25.8. The predicted molar refractivity (Wildman–Crippen MR) is 62.7 cm³/mol. The summed E-state index contributed by atoms with van der Waals surface area (Å²) in [5.74, 6) is 0. The molecule has 1 aliphatic heterocycles. The molecule has 15 heavy (non-hydrogen) atoms. The van der Waals surface area contributed by atoms with Crippen molar-refractivity contribution >= 4 is 23.2 Å². The van der Waals surface area contributed by atoms with Crippen molar-refractivity contribution in [1.82, 2.24) is 5.32 Å². The highest BCUT2D eigenvalue weighted by molar-refractivity contribution is 6.42. The van der Waals surface area contributed by atoms with Crippen LogP contribution in [0.1, 0.15) is 12.0 Å². The minimum atomic E-state index is -0.186. The van der Waals surface area contributed by atoms with Gasteiger partial charge >= 0.3 is 0 Å². The average molecular weight is 246 g/mol. The van der Waals surface area contributed by atoms with Gasteiger partial charge in [0.25, 0.3) is 0 Å². The third-order valence-corrected chi connectivity index (χ3v) is 3.82. The molecule has 0 radical (unpaired) electrons. The molecule has 0 amide bonds. The number of benzene rings is 1. The summed E-state index contributed by atoms with van der Waals surface area (Å²) in [5, 5.41) is 13.9. The van der Waals surface area contributed by atoms with E-state index < -0.39 is 0 Å². The summed E-state index contributed by atoms with van der Waals surface area (Å²) in [7, 11) is 0. The predicted octanol–water partition coefficient (Wildman–Crippen LogP) is 2.22. The van der Waals surface area contributed by atoms with Gasteiger partial charge in [-0.25, -0.2) is 0 Å². The van der Waals surface area contributed by atoms with Crippen molar-refractivity contribution < 1.29 is 5.11 Å². The first-order valence-electron chi connectivity index (χ1n) is 4.95. The first-order chi connectivity index (χ1) is 7.18. The van der Waals surface area contributed by atoms with E-state index in [-0.39, 0.29) is 12.0 Å². The highest BCUT2D eigenvalue weighted by Crippen LogP contribution is 2.34. The maximum atomic E-state index is 9.51. The lowest BCUT2D eigenvalue weighted by molar-refractivity contribution is 0.205. The van der Waals surface area contributed by atoms with Gasteiger partial charge in [-0.05, 0) is 30.7 Å². The van der Waals surface area contributed by atoms with E-state index in [1.54, 1.807) is 6.07 Å². The fourth-order valence-electron chi connectivity index (χ4n) is 2.04. The third kappa shape index (κ3) is 2.00. The number of nitrogens with one attached hydrogen (secondary N) is 1. The van der Waals surface area contributed by atoms with Crippen LogP contribution in [0.25, 0.3) is 0 Å². The number of hydrogen-bond acceptors (Lipinski definition) is 2. The van der Waals surface area contributed by atoms with Gasteiger partial charge in [0.15, 0.2) is 0 Å². The largest absolute Gasteiger partial charge is 0.395 e. The fourth-order valence-corrected chi connectivity index (χ4v) is 2.34. The molecular formula is C11H13Cl2NO. The van der Waals surface area contributed by atoms with Crippen LogP contribution < -0.4 is 5.32 Å². The lowest BCUT2D eigenvalue weighted by atomic mass is 9.80. The molecule has 1 heterocycles. The highest BCUT2D eigenvalue weighted by Gasteiger charge is 2.35. The summed E-state index contributed by atoms with van der Waals surface area (Å²) in [6.45, 7) is 1.86. The van der Waals surface area contributed by atoms with Gasteiger partial charge < -0.3 is 10.4 Å². The van der Waals surface area contributed by atoms with Gasteiger partial charge in [-0.2, -0.15) is 0 Å². The molecule has 1 fully saturated rings. The Morgan fingerprint density at radius 2 is 2.13 bits per heavy atom. The summed E-state index contributed by atoms with van der Waals surface area (Å²) in [5.41, 5.74) is 0.873. The van der Waals surface area contributed by atoms with Crippen molar-refractivity contribution in [3.63, 3.8) is 0 Å². The molecule has 1 atom stereocenters. The molecule has 4 heteroatoms. The minimum absolute atomic E-state index is 0.137. The van der Waals surface area contributed by atoms with Crippen LogP contribution >= 0.6 is 23.2 Å². The molecule has 1 aromatic carbocycles. The molecule has 2 nitrogen and oxygen atoms in total. The van der Waals surface area contributed by atoms with Crippen molar-refractivity contribution in [3.8, 4) is 0 Å². The SMILES string of the molecule is OCC1(c2ccc(Cl)c(Cl)c2)CCNC1. The maximum Gasteiger partial charge on any atom is 0.0595 e. The topological polar surface area (TPSA) is 32.3 Å². The van der Waals surface area contributed by atoms with Gasteiger partial charge in [-0.3, -0.25) is 0 Å². The van der Waals surface area contributed by atoms with Crippen molar-refractivity contribution in [3.05, 3.63) is 33.8 Å². The van der Waals surface area contributed by atoms with Crippen LogP contribution in [0.3, 0.4) is 0 Å². The Hall–Kier alpha value is -0.280. The molecule has 0 aromatic heterocycles. The van der Waals surface area contributed by atoms with Crippen LogP contribution in [0.15, 0.2) is 18.2 Å². The molecule has 0 bridgehead atoms. The Labute approximate surface area is 99.2 Å². The van der Waals surface area contributed by atoms with Crippen molar-refractivity contribution in [2.75, 3.05) is 19.7 Å². The monoisotopic (exact) mass is 245 g/mol. The van der Waals surface area contributed by atoms with E-state index in [4.69, 9.17) is 23.2 Å². The smallest absolute Gasteiger partial charge is 0.0595 e. The van der Waals surface area contributed by atoms with Gasteiger partial charge in [-0.15, -0.1) is 0 Å². The van der Waals surface area contributed by atoms with Gasteiger partial charge in [-0.1, -0.05) is 29.3 Å². The summed E-state index contributed by atoms with van der Waals surface area (Å²) in [4.78, 5) is 0. The second kappa shape index (κ2) is 4.30. The lowest BCUT2D eigenvalue weighted by Gasteiger charge is -2.26. The Morgan fingerprint density at radius 1 is 1.33 bits per heavy atom. The summed E-state index contributed by atoms with van der Waals surface area (Å²) in [6.07, 6.45) is 0.932. The fraction of sp³-hybridized carbons (Fsp3) is 0.455. The number of aliphatic hydroxyl groups is 1. The first-order valence-corrected chi connectivity index (χ1v) is 5.71. The van der Waals surface area contributed by atoms with Gasteiger partial charge in [0, 0.05) is 12.0 Å². The highest BCUT2D eigenvalue weighted by atomic mass is 35.5. The summed E-state index contributed by atoms with van der Waals surface area (Å²) >= 11 is 11.8. The van der Waals surface area contributed by atoms with Gasteiger partial charge in [0.2, 0.25) is 0 Å². The second-order valence-corrected chi connectivity index (χ2v) is 4.81. The molecule has 2 rings (SSSR count). The second-order valence-electron chi connectivity index (χ2n) is 3.99. The molecule has 1 aliphatic rings. The molecule has 1 unspecified atom stereocenters. The Bertz CT molecular complexity index is 362. The van der Waals surface area contributed by atoms with E-state index in [1.807, 2.05) is 12.1 Å². The molecule has 0 spiro atoms. The molecule has 1 aromatic rings. The Balaban J connectivity index is 2.38. The zero-order chi connectivity index (χ0) is 10.9. The van der Waals surface area contributed by atoms with Crippen molar-refractivity contribution in [2.24, 2.45) is 0 Å². The van der Waals surface area contributed by atoms with Crippen LogP contribution in [0.4, 0.5) is 0 Å². The number of rotatable bonds is 2. The van der Waals surface area contributed by atoms with Gasteiger partial charge in [0.05, 0.1) is 16.7 Å². The van der Waals surface area contributed by atoms with E-state index in [1.165, 1.54) is 0 Å². The van der Waals surface area contributed by atoms with Crippen LogP contribution in [0.5, 0.6) is 0 Å². The zero-order valence-electron chi connectivity index (χ0n) is 8.26. The van der Waals surface area contributed by atoms with Crippen LogP contribution in [-0.2, 0) is 5.41 Å². The average Bonchev–Trinajstić information content (AvgIpc) is 2.72. The minimum Gasteiger partial charge on any atom is -0.395 e. The molecule has 1 saturated heterocycles. The standard InChI is InChI=1S/C11H13Cl2NO/c12-9-2-1-8(5-10(9)13)11(7-15)3-4-14-6-11/h1-2,5,14-15H,3-4,6-7H2. The maximum absolute atomic E-state index is 9.51. The van der Waals surface area contributed by atoms with E-state index in [0.717, 1.165) is 25.1 Å². The number of hydrogen-bond donors (Lipinski definition) is 2. The van der Waals surface area contributed by atoms with E-state index in [2.05, 4.69) is 5.32 Å². The van der Waals surface area contributed by atoms with Gasteiger partial charge in [0.1, 0.15) is 0 Å². The summed E-state index contributed by atoms with van der Waals surface area (Å²) < 4.78 is 0. The van der Waals surface area contributed by atoms with Crippen molar-refractivity contribution in [1.29, 1.82) is 0 Å². The zero-order valence-corrected chi connectivity index (χ0v) is 9.78. The molecule has 0 saturated carbocycles. The summed E-state index contributed by atoms with van der Waals surface area (Å²) in [6, 6.07) is 5.58. The van der Waals surface area contributed by atoms with E-state index in [0.29, 0.717) is 10.0 Å². The van der Waals surface area contributed by atoms with E-state index in [9.17, 15) is 5.11 Å². The molecule has 82 valence electrons. The first kappa shape index (κ1) is 11.2. The quantitative estimate of drug-likeness (QED) is 0.838. The Morgan fingerprint density at radius 3 is 2.67 bits per heavy atom. The van der Waals surface area contributed by atoms with Crippen LogP contribution in [0.2, 0.25) is 10.0 Å². The lowest BCUT2D eigenvalue weighted by Crippen LogP contribution is -2.32. The van der Waals surface area contributed by atoms with Crippen molar-refractivity contribution in [2.45, 2.75) is 11.8 Å². The number of aliphatic hydroxyl groups excluding tert-OH is 1. The van der Waals surface area contributed by atoms with E-state index >= 15 is 0 Å². The third-order valence-electron chi connectivity index (χ3n) is 3.08. The number of halogens is 2. The van der Waals surface area contributed by atoms with Crippen LogP contribution in [0, 0.1) is 0 Å². The Kier molecular flexibility index (Phi) is 3.21.